The quantitative estimate of drug-likeness (QED) is 0.784. The van der Waals surface area contributed by atoms with Crippen LogP contribution in [0.15, 0.2) is 44.2 Å². The molecule has 1 N–H and O–H groups in total. The Balaban J connectivity index is 1.77. The van der Waals surface area contributed by atoms with E-state index in [9.17, 15) is 4.79 Å². The number of hydrogen-bond donors (Lipinski definition) is 1. The van der Waals surface area contributed by atoms with Crippen LogP contribution in [-0.2, 0) is 0 Å². The van der Waals surface area contributed by atoms with Crippen LogP contribution in [0.4, 0.5) is 6.01 Å². The molecule has 0 unspecified atom stereocenters. The van der Waals surface area contributed by atoms with E-state index in [4.69, 9.17) is 4.42 Å². The number of amides is 1. The van der Waals surface area contributed by atoms with Crippen LogP contribution >= 0.6 is 27.3 Å². The first-order valence-corrected chi connectivity index (χ1v) is 7.24. The summed E-state index contributed by atoms with van der Waals surface area (Å²) >= 11 is 4.78. The van der Waals surface area contributed by atoms with E-state index in [0.717, 1.165) is 10.0 Å². The molecule has 3 aromatic heterocycles. The third-order valence-corrected chi connectivity index (χ3v) is 3.50. The Bertz CT molecular complexity index is 742. The van der Waals surface area contributed by atoms with Crippen molar-refractivity contribution in [1.82, 2.24) is 15.2 Å². The number of halogens is 1. The Morgan fingerprint density at radius 3 is 3.00 bits per heavy atom. The number of aromatic nitrogens is 3. The summed E-state index contributed by atoms with van der Waals surface area (Å²) in [6.07, 6.45) is 3.05. The lowest BCUT2D eigenvalue weighted by atomic mass is 10.3. The summed E-state index contributed by atoms with van der Waals surface area (Å²) in [5, 5.41) is 14.0. The molecule has 8 heteroatoms. The third-order valence-electron chi connectivity index (χ3n) is 2.38. The van der Waals surface area contributed by atoms with Crippen molar-refractivity contribution in [3.8, 4) is 11.5 Å². The largest absolute Gasteiger partial charge is 0.403 e. The number of nitrogens with zero attached hydrogens (tertiary/aromatic N) is 3. The molecule has 3 rings (SSSR count). The number of anilines is 1. The summed E-state index contributed by atoms with van der Waals surface area (Å²) in [5.74, 6) is 0.00763. The van der Waals surface area contributed by atoms with Crippen molar-refractivity contribution in [2.75, 3.05) is 5.32 Å². The number of hydrogen-bond acceptors (Lipinski definition) is 6. The second kappa shape index (κ2) is 5.51. The van der Waals surface area contributed by atoms with Gasteiger partial charge in [-0.1, -0.05) is 5.10 Å². The predicted octanol–water partition coefficient (Wildman–Crippen LogP) is 3.21. The molecule has 100 valence electrons. The summed E-state index contributed by atoms with van der Waals surface area (Å²) in [4.78, 5) is 15.9. The van der Waals surface area contributed by atoms with Gasteiger partial charge >= 0.3 is 6.01 Å². The molecule has 0 aliphatic heterocycles. The monoisotopic (exact) mass is 350 g/mol. The van der Waals surface area contributed by atoms with E-state index >= 15 is 0 Å². The minimum absolute atomic E-state index is 0.0520. The van der Waals surface area contributed by atoms with Crippen molar-refractivity contribution >= 4 is 39.2 Å². The second-order valence-electron chi connectivity index (χ2n) is 3.77. The van der Waals surface area contributed by atoms with E-state index in [1.807, 2.05) is 16.8 Å². The molecule has 0 radical (unpaired) electrons. The molecule has 0 saturated carbocycles. The van der Waals surface area contributed by atoms with Gasteiger partial charge in [0.1, 0.15) is 0 Å². The molecule has 0 aliphatic carbocycles. The van der Waals surface area contributed by atoms with E-state index in [0.29, 0.717) is 11.5 Å². The molecule has 0 bridgehead atoms. The van der Waals surface area contributed by atoms with Crippen LogP contribution in [0.3, 0.4) is 0 Å². The smallest absolute Gasteiger partial charge is 0.322 e. The van der Waals surface area contributed by atoms with Gasteiger partial charge in [-0.15, -0.1) is 5.10 Å². The van der Waals surface area contributed by atoms with Crippen molar-refractivity contribution in [3.05, 3.63) is 45.3 Å². The summed E-state index contributed by atoms with van der Waals surface area (Å²) in [5.41, 5.74) is 1.22. The Labute approximate surface area is 126 Å². The molecule has 3 heterocycles. The number of carbonyl (C=O) groups excluding carboxylic acids is 1. The average molecular weight is 351 g/mol. The van der Waals surface area contributed by atoms with Crippen LogP contribution in [0.25, 0.3) is 11.5 Å². The molecule has 0 aromatic carbocycles. The maximum Gasteiger partial charge on any atom is 0.322 e. The fraction of sp³-hybridized carbons (Fsp3) is 0. The zero-order valence-corrected chi connectivity index (χ0v) is 12.3. The summed E-state index contributed by atoms with van der Waals surface area (Å²) < 4.78 is 6.09. The number of nitrogens with one attached hydrogen (secondary N) is 1. The highest BCUT2D eigenvalue weighted by molar-refractivity contribution is 9.10. The van der Waals surface area contributed by atoms with Gasteiger partial charge in [0, 0.05) is 27.8 Å². The van der Waals surface area contributed by atoms with Gasteiger partial charge in [0.05, 0.1) is 5.56 Å². The van der Waals surface area contributed by atoms with E-state index in [-0.39, 0.29) is 11.9 Å². The van der Waals surface area contributed by atoms with Gasteiger partial charge in [0.25, 0.3) is 11.8 Å². The SMILES string of the molecule is O=C(Nc1nnc(-c2ccsc2)o1)c1cncc(Br)c1. The van der Waals surface area contributed by atoms with Gasteiger partial charge in [-0.05, 0) is 33.4 Å². The molecular weight excluding hydrogens is 344 g/mol. The average Bonchev–Trinajstić information content (AvgIpc) is 3.08. The summed E-state index contributed by atoms with van der Waals surface area (Å²) in [6, 6.07) is 3.57. The molecule has 0 fully saturated rings. The number of rotatable bonds is 3. The maximum atomic E-state index is 12.0. The van der Waals surface area contributed by atoms with Crippen LogP contribution in [0.5, 0.6) is 0 Å². The molecule has 0 spiro atoms. The molecule has 0 saturated heterocycles. The van der Waals surface area contributed by atoms with Gasteiger partial charge in [0.2, 0.25) is 0 Å². The number of carbonyl (C=O) groups is 1. The topological polar surface area (TPSA) is 80.9 Å². The number of pyridine rings is 1. The highest BCUT2D eigenvalue weighted by Gasteiger charge is 2.13. The van der Waals surface area contributed by atoms with Crippen LogP contribution in [-0.4, -0.2) is 21.1 Å². The molecule has 6 nitrogen and oxygen atoms in total. The minimum Gasteiger partial charge on any atom is -0.403 e. The van der Waals surface area contributed by atoms with Crippen LogP contribution < -0.4 is 5.32 Å². The zero-order valence-electron chi connectivity index (χ0n) is 9.91. The maximum absolute atomic E-state index is 12.0. The van der Waals surface area contributed by atoms with E-state index in [2.05, 4.69) is 36.4 Å². The Morgan fingerprint density at radius 2 is 2.25 bits per heavy atom. The summed E-state index contributed by atoms with van der Waals surface area (Å²) in [7, 11) is 0. The Hall–Kier alpha value is -2.06. The van der Waals surface area contributed by atoms with Crippen molar-refractivity contribution in [1.29, 1.82) is 0 Å². The minimum atomic E-state index is -0.362. The normalized spacial score (nSPS) is 10.4. The first-order chi connectivity index (χ1) is 9.72. The number of thiophene rings is 1. The fourth-order valence-corrected chi connectivity index (χ4v) is 2.48. The van der Waals surface area contributed by atoms with E-state index in [1.165, 1.54) is 17.5 Å². The second-order valence-corrected chi connectivity index (χ2v) is 5.47. The molecular formula is C12H7BrN4O2S. The van der Waals surface area contributed by atoms with Crippen LogP contribution in [0.2, 0.25) is 0 Å². The van der Waals surface area contributed by atoms with Crippen molar-refractivity contribution < 1.29 is 9.21 Å². The Kier molecular flexibility index (Phi) is 3.57. The molecule has 0 atom stereocenters. The van der Waals surface area contributed by atoms with Gasteiger partial charge in [-0.25, -0.2) is 0 Å². The van der Waals surface area contributed by atoms with Gasteiger partial charge in [-0.3, -0.25) is 15.1 Å². The predicted molar refractivity (Wildman–Crippen MR) is 77.5 cm³/mol. The lowest BCUT2D eigenvalue weighted by molar-refractivity contribution is 0.102. The first kappa shape index (κ1) is 12.9. The molecule has 20 heavy (non-hydrogen) atoms. The van der Waals surface area contributed by atoms with E-state index < -0.39 is 0 Å². The van der Waals surface area contributed by atoms with E-state index in [1.54, 1.807) is 12.3 Å². The highest BCUT2D eigenvalue weighted by Crippen LogP contribution is 2.22. The lowest BCUT2D eigenvalue weighted by Gasteiger charge is -2.00. The third kappa shape index (κ3) is 2.75. The van der Waals surface area contributed by atoms with Gasteiger partial charge in [0.15, 0.2) is 0 Å². The lowest BCUT2D eigenvalue weighted by Crippen LogP contribution is -2.12. The van der Waals surface area contributed by atoms with Gasteiger partial charge < -0.3 is 4.42 Å². The zero-order chi connectivity index (χ0) is 13.9. The highest BCUT2D eigenvalue weighted by atomic mass is 79.9. The standard InChI is InChI=1S/C12H7BrN4O2S/c13-9-3-8(4-14-5-9)10(18)15-12-17-16-11(19-12)7-1-2-20-6-7/h1-6H,(H,15,17,18). The van der Waals surface area contributed by atoms with Crippen LogP contribution in [0.1, 0.15) is 10.4 Å². The first-order valence-electron chi connectivity index (χ1n) is 5.50. The van der Waals surface area contributed by atoms with Crippen molar-refractivity contribution in [2.24, 2.45) is 0 Å². The molecule has 1 amide bonds. The molecule has 0 aliphatic rings. The fourth-order valence-electron chi connectivity index (χ4n) is 1.48. The summed E-state index contributed by atoms with van der Waals surface area (Å²) in [6.45, 7) is 0. The Morgan fingerprint density at radius 1 is 1.35 bits per heavy atom. The van der Waals surface area contributed by atoms with Gasteiger partial charge in [-0.2, -0.15) is 11.3 Å². The molecule has 3 aromatic rings. The van der Waals surface area contributed by atoms with Crippen molar-refractivity contribution in [2.45, 2.75) is 0 Å². The van der Waals surface area contributed by atoms with Crippen LogP contribution in [0, 0.1) is 0 Å². The van der Waals surface area contributed by atoms with Crippen molar-refractivity contribution in [3.63, 3.8) is 0 Å².